The van der Waals surface area contributed by atoms with Gasteiger partial charge in [0, 0.05) is 16.5 Å². The van der Waals surface area contributed by atoms with Crippen molar-refractivity contribution in [2.24, 2.45) is 0 Å². The third kappa shape index (κ3) is 3.21. The second-order valence-electron chi connectivity index (χ2n) is 8.72. The number of fused-ring (bicyclic) bond motifs is 3. The van der Waals surface area contributed by atoms with Gasteiger partial charge in [0.1, 0.15) is 0 Å². The van der Waals surface area contributed by atoms with Crippen LogP contribution in [0.4, 0.5) is 0 Å². The molecule has 1 aromatic heterocycles. The van der Waals surface area contributed by atoms with Crippen LogP contribution in [-0.2, 0) is 0 Å². The van der Waals surface area contributed by atoms with Crippen LogP contribution in [0.1, 0.15) is 0 Å². The van der Waals surface area contributed by atoms with E-state index in [1.165, 1.54) is 16.2 Å². The van der Waals surface area contributed by atoms with Gasteiger partial charge in [-0.1, -0.05) is 121 Å². The summed E-state index contributed by atoms with van der Waals surface area (Å²) in [7, 11) is 0. The summed E-state index contributed by atoms with van der Waals surface area (Å²) in [4.78, 5) is 5.19. The Kier molecular flexibility index (Phi) is 4.46. The summed E-state index contributed by atoms with van der Waals surface area (Å²) in [6.45, 7) is 0. The number of hydrogen-bond acceptors (Lipinski definition) is 2. The Balaban J connectivity index is 1.57. The molecule has 7 aromatic rings. The Bertz CT molecular complexity index is 1750. The molecular formula is C32H21N3. The number of benzene rings is 6. The largest absolute Gasteiger partial charge is 0.212 e. The molecule has 7 rings (SSSR count). The third-order valence-corrected chi connectivity index (χ3v) is 6.66. The molecule has 0 N–H and O–H groups in total. The van der Waals surface area contributed by atoms with Gasteiger partial charge in [-0.3, -0.25) is 0 Å². The van der Waals surface area contributed by atoms with Gasteiger partial charge in [-0.15, -0.1) is 5.10 Å². The van der Waals surface area contributed by atoms with Gasteiger partial charge in [0.15, 0.2) is 11.6 Å². The van der Waals surface area contributed by atoms with E-state index in [-0.39, 0.29) is 0 Å². The predicted molar refractivity (Wildman–Crippen MR) is 145 cm³/mol. The van der Waals surface area contributed by atoms with E-state index in [0.717, 1.165) is 44.6 Å². The lowest BCUT2D eigenvalue weighted by Crippen LogP contribution is -2.01. The molecule has 0 aliphatic heterocycles. The zero-order chi connectivity index (χ0) is 23.2. The third-order valence-electron chi connectivity index (χ3n) is 6.66. The molecule has 1 heterocycles. The fourth-order valence-corrected chi connectivity index (χ4v) is 5.00. The molecule has 0 radical (unpaired) electrons. The predicted octanol–water partition coefficient (Wildman–Crippen LogP) is 8.06. The summed E-state index contributed by atoms with van der Waals surface area (Å²) >= 11 is 0. The maximum absolute atomic E-state index is 5.19. The zero-order valence-corrected chi connectivity index (χ0v) is 19.0. The highest BCUT2D eigenvalue weighted by atomic mass is 15.4. The quantitative estimate of drug-likeness (QED) is 0.274. The maximum Gasteiger partial charge on any atom is 0.182 e. The molecule has 0 atom stereocenters. The van der Waals surface area contributed by atoms with Crippen LogP contribution in [0.25, 0.3) is 60.8 Å². The van der Waals surface area contributed by atoms with Crippen molar-refractivity contribution in [3.8, 4) is 28.5 Å². The first-order valence-corrected chi connectivity index (χ1v) is 11.8. The van der Waals surface area contributed by atoms with Crippen LogP contribution in [-0.4, -0.2) is 14.8 Å². The highest BCUT2D eigenvalue weighted by Crippen LogP contribution is 2.34. The highest BCUT2D eigenvalue weighted by Gasteiger charge is 2.19. The van der Waals surface area contributed by atoms with Gasteiger partial charge < -0.3 is 0 Å². The van der Waals surface area contributed by atoms with E-state index in [1.807, 2.05) is 4.68 Å². The summed E-state index contributed by atoms with van der Waals surface area (Å²) in [5.41, 5.74) is 3.11. The van der Waals surface area contributed by atoms with Gasteiger partial charge in [-0.05, 0) is 33.0 Å². The zero-order valence-electron chi connectivity index (χ0n) is 19.0. The molecule has 3 heteroatoms. The van der Waals surface area contributed by atoms with E-state index in [0.29, 0.717) is 0 Å². The Morgan fingerprint density at radius 2 is 0.914 bits per heavy atom. The molecule has 0 spiro atoms. The van der Waals surface area contributed by atoms with Crippen molar-refractivity contribution in [1.82, 2.24) is 14.8 Å². The summed E-state index contributed by atoms with van der Waals surface area (Å²) in [6, 6.07) is 44.3. The van der Waals surface area contributed by atoms with Crippen LogP contribution in [0, 0.1) is 0 Å². The summed E-state index contributed by atoms with van der Waals surface area (Å²) in [5.74, 6) is 1.55. The number of hydrogen-bond donors (Lipinski definition) is 0. The molecule has 0 bridgehead atoms. The Labute approximate surface area is 202 Å². The lowest BCUT2D eigenvalue weighted by Gasteiger charge is -2.11. The molecule has 0 saturated carbocycles. The molecule has 3 nitrogen and oxygen atoms in total. The van der Waals surface area contributed by atoms with Crippen molar-refractivity contribution in [3.05, 3.63) is 127 Å². The fourth-order valence-electron chi connectivity index (χ4n) is 5.00. The van der Waals surface area contributed by atoms with Gasteiger partial charge in [0.2, 0.25) is 0 Å². The van der Waals surface area contributed by atoms with Crippen LogP contribution in [0.2, 0.25) is 0 Å². The fraction of sp³-hybridized carbons (Fsp3) is 0. The van der Waals surface area contributed by atoms with Crippen LogP contribution in [0.15, 0.2) is 127 Å². The second kappa shape index (κ2) is 7.93. The molecule has 0 aliphatic rings. The molecule has 0 fully saturated rings. The van der Waals surface area contributed by atoms with E-state index >= 15 is 0 Å². The summed E-state index contributed by atoms with van der Waals surface area (Å²) in [5, 5.41) is 12.1. The molecule has 0 saturated heterocycles. The average molecular weight is 448 g/mol. The Hall–Kier alpha value is -4.76. The molecule has 0 amide bonds. The molecule has 0 unspecified atom stereocenters. The SMILES string of the molecule is c1ccc2c(-c3nc(-c4cccc5ccccc45)n(-c4cccc5ccccc45)n3)cccc2c1. The molecule has 6 aromatic carbocycles. The molecular weight excluding hydrogens is 426 g/mol. The Morgan fingerprint density at radius 1 is 0.429 bits per heavy atom. The number of aromatic nitrogens is 3. The van der Waals surface area contributed by atoms with Crippen LogP contribution >= 0.6 is 0 Å². The van der Waals surface area contributed by atoms with Crippen molar-refractivity contribution in [2.75, 3.05) is 0 Å². The van der Waals surface area contributed by atoms with E-state index in [4.69, 9.17) is 10.1 Å². The Morgan fingerprint density at radius 3 is 1.60 bits per heavy atom. The first kappa shape index (κ1) is 19.7. The monoisotopic (exact) mass is 447 g/mol. The maximum atomic E-state index is 5.19. The van der Waals surface area contributed by atoms with Gasteiger partial charge >= 0.3 is 0 Å². The minimum Gasteiger partial charge on any atom is -0.212 e. The summed E-state index contributed by atoms with van der Waals surface area (Å²) in [6.07, 6.45) is 0. The lowest BCUT2D eigenvalue weighted by atomic mass is 10.0. The van der Waals surface area contributed by atoms with Gasteiger partial charge in [0.25, 0.3) is 0 Å². The lowest BCUT2D eigenvalue weighted by molar-refractivity contribution is 0.899. The van der Waals surface area contributed by atoms with E-state index in [9.17, 15) is 0 Å². The number of nitrogens with zero attached hydrogens (tertiary/aromatic N) is 3. The van der Waals surface area contributed by atoms with Gasteiger partial charge in [0.05, 0.1) is 5.69 Å². The molecule has 164 valence electrons. The van der Waals surface area contributed by atoms with E-state index in [1.54, 1.807) is 0 Å². The topological polar surface area (TPSA) is 30.7 Å². The van der Waals surface area contributed by atoms with Crippen molar-refractivity contribution in [3.63, 3.8) is 0 Å². The van der Waals surface area contributed by atoms with Gasteiger partial charge in [-0.2, -0.15) is 0 Å². The minimum absolute atomic E-state index is 0.720. The van der Waals surface area contributed by atoms with E-state index < -0.39 is 0 Å². The smallest absolute Gasteiger partial charge is 0.182 e. The van der Waals surface area contributed by atoms with Crippen LogP contribution in [0.3, 0.4) is 0 Å². The van der Waals surface area contributed by atoms with Crippen molar-refractivity contribution in [1.29, 1.82) is 0 Å². The van der Waals surface area contributed by atoms with Crippen molar-refractivity contribution in [2.45, 2.75) is 0 Å². The van der Waals surface area contributed by atoms with E-state index in [2.05, 4.69) is 127 Å². The van der Waals surface area contributed by atoms with Crippen molar-refractivity contribution < 1.29 is 0 Å². The first-order chi connectivity index (χ1) is 17.4. The second-order valence-corrected chi connectivity index (χ2v) is 8.72. The number of rotatable bonds is 3. The standard InChI is InChI=1S/C32H21N3/c1-4-16-25-22(10-1)13-7-19-28(25)31-33-32(29-20-8-14-23-11-2-5-17-26(23)29)35(34-31)30-21-9-15-24-12-3-6-18-27(24)30/h1-21H. The molecule has 0 aliphatic carbocycles. The molecule has 35 heavy (non-hydrogen) atoms. The summed E-state index contributed by atoms with van der Waals surface area (Å²) < 4.78 is 2.02. The highest BCUT2D eigenvalue weighted by molar-refractivity contribution is 5.98. The van der Waals surface area contributed by atoms with Crippen LogP contribution in [0.5, 0.6) is 0 Å². The van der Waals surface area contributed by atoms with Gasteiger partial charge in [-0.25, -0.2) is 9.67 Å². The first-order valence-electron chi connectivity index (χ1n) is 11.8. The normalized spacial score (nSPS) is 11.4. The van der Waals surface area contributed by atoms with Crippen molar-refractivity contribution >= 4 is 32.3 Å². The average Bonchev–Trinajstić information content (AvgIpc) is 3.37. The minimum atomic E-state index is 0.720. The van der Waals surface area contributed by atoms with Crippen LogP contribution < -0.4 is 0 Å².